The van der Waals surface area contributed by atoms with Crippen LogP contribution in [-0.4, -0.2) is 26.8 Å². The van der Waals surface area contributed by atoms with Gasteiger partial charge in [0.15, 0.2) is 5.16 Å². The monoisotopic (exact) mass is 466 g/mol. The standard InChI is InChI=1S/C24H26N4O2S2/c1-6-11-28-22(30)20-18(17-9-7-16(4)8-10-17)12-31-21(20)26-23(28)32-13-19(29)27-24(5,14-25)15(2)3/h6-10,12,15H,1,11,13H2,2-5H3,(H,27,29). The van der Waals surface area contributed by atoms with Crippen molar-refractivity contribution in [2.75, 3.05) is 5.75 Å². The summed E-state index contributed by atoms with van der Waals surface area (Å²) in [7, 11) is 0. The third-order valence-corrected chi connectivity index (χ3v) is 7.30. The maximum Gasteiger partial charge on any atom is 0.263 e. The molecule has 8 heteroatoms. The highest BCUT2D eigenvalue weighted by molar-refractivity contribution is 7.99. The number of aromatic nitrogens is 2. The Morgan fingerprint density at radius 3 is 2.69 bits per heavy atom. The second-order valence-corrected chi connectivity index (χ2v) is 9.90. The fraction of sp³-hybridized carbons (Fsp3) is 0.333. The molecule has 2 aromatic heterocycles. The van der Waals surface area contributed by atoms with E-state index in [0.717, 1.165) is 16.7 Å². The molecule has 0 aliphatic carbocycles. The highest BCUT2D eigenvalue weighted by Gasteiger charge is 2.30. The predicted octanol–water partition coefficient (Wildman–Crippen LogP) is 4.77. The van der Waals surface area contributed by atoms with E-state index < -0.39 is 5.54 Å². The van der Waals surface area contributed by atoms with E-state index >= 15 is 0 Å². The van der Waals surface area contributed by atoms with Crippen molar-refractivity contribution in [3.05, 3.63) is 58.2 Å². The molecule has 1 aromatic carbocycles. The van der Waals surface area contributed by atoms with Crippen molar-refractivity contribution in [2.24, 2.45) is 5.92 Å². The van der Waals surface area contributed by atoms with Crippen LogP contribution in [0.2, 0.25) is 0 Å². The first kappa shape index (κ1) is 23.8. The lowest BCUT2D eigenvalue weighted by Crippen LogP contribution is -2.49. The molecule has 0 spiro atoms. The van der Waals surface area contributed by atoms with Gasteiger partial charge in [0, 0.05) is 17.5 Å². The molecule has 0 saturated carbocycles. The van der Waals surface area contributed by atoms with Crippen LogP contribution in [0.5, 0.6) is 0 Å². The van der Waals surface area contributed by atoms with E-state index in [9.17, 15) is 14.9 Å². The highest BCUT2D eigenvalue weighted by atomic mass is 32.2. The number of carbonyl (C=O) groups is 1. The molecule has 1 atom stereocenters. The summed E-state index contributed by atoms with van der Waals surface area (Å²) in [5.41, 5.74) is 1.87. The summed E-state index contributed by atoms with van der Waals surface area (Å²) in [6.07, 6.45) is 1.64. The SMILES string of the molecule is C=CCn1c(SCC(=O)NC(C)(C#N)C(C)C)nc2scc(-c3ccc(C)cc3)c2c1=O. The second kappa shape index (κ2) is 9.72. The Hall–Kier alpha value is -2.89. The van der Waals surface area contributed by atoms with Crippen LogP contribution >= 0.6 is 23.1 Å². The number of nitrogens with zero attached hydrogens (tertiary/aromatic N) is 3. The van der Waals surface area contributed by atoms with Gasteiger partial charge < -0.3 is 5.32 Å². The van der Waals surface area contributed by atoms with Gasteiger partial charge in [0.05, 0.1) is 17.2 Å². The van der Waals surface area contributed by atoms with Gasteiger partial charge in [-0.05, 0) is 25.3 Å². The largest absolute Gasteiger partial charge is 0.337 e. The zero-order valence-corrected chi connectivity index (χ0v) is 20.3. The molecule has 0 aliphatic heterocycles. The number of allylic oxidation sites excluding steroid dienone is 1. The van der Waals surface area contributed by atoms with Gasteiger partial charge in [0.1, 0.15) is 10.4 Å². The van der Waals surface area contributed by atoms with Crippen molar-refractivity contribution >= 4 is 39.2 Å². The average Bonchev–Trinajstić information content (AvgIpc) is 3.19. The Bertz CT molecular complexity index is 1250. The van der Waals surface area contributed by atoms with Gasteiger partial charge in [-0.25, -0.2) is 4.98 Å². The van der Waals surface area contributed by atoms with E-state index in [1.807, 2.05) is 50.4 Å². The summed E-state index contributed by atoms with van der Waals surface area (Å²) < 4.78 is 1.55. The van der Waals surface area contributed by atoms with Crippen molar-refractivity contribution in [2.45, 2.75) is 44.9 Å². The molecule has 1 N–H and O–H groups in total. The van der Waals surface area contributed by atoms with E-state index in [4.69, 9.17) is 4.98 Å². The summed E-state index contributed by atoms with van der Waals surface area (Å²) >= 11 is 2.60. The summed E-state index contributed by atoms with van der Waals surface area (Å²) in [5, 5.41) is 15.2. The number of carbonyl (C=O) groups excluding carboxylic acids is 1. The van der Waals surface area contributed by atoms with Gasteiger partial charge in [-0.1, -0.05) is 61.5 Å². The third kappa shape index (κ3) is 4.79. The Balaban J connectivity index is 1.94. The maximum absolute atomic E-state index is 13.4. The van der Waals surface area contributed by atoms with Crippen molar-refractivity contribution < 1.29 is 4.79 Å². The number of rotatable bonds is 8. The van der Waals surface area contributed by atoms with E-state index in [1.54, 1.807) is 17.6 Å². The molecule has 2 heterocycles. The summed E-state index contributed by atoms with van der Waals surface area (Å²) in [5.74, 6) is -0.269. The molecule has 0 saturated heterocycles. The number of thioether (sulfide) groups is 1. The minimum absolute atomic E-state index is 0.0406. The van der Waals surface area contributed by atoms with Crippen LogP contribution in [0.15, 0.2) is 52.3 Å². The Morgan fingerprint density at radius 2 is 2.09 bits per heavy atom. The molecule has 32 heavy (non-hydrogen) atoms. The first-order valence-electron chi connectivity index (χ1n) is 10.2. The molecule has 3 aromatic rings. The summed E-state index contributed by atoms with van der Waals surface area (Å²) in [6, 6.07) is 10.2. The van der Waals surface area contributed by atoms with E-state index in [1.165, 1.54) is 23.1 Å². The Morgan fingerprint density at radius 1 is 1.41 bits per heavy atom. The highest BCUT2D eigenvalue weighted by Crippen LogP contribution is 2.32. The lowest BCUT2D eigenvalue weighted by atomic mass is 9.90. The first-order valence-corrected chi connectivity index (χ1v) is 12.1. The molecule has 1 amide bonds. The molecular formula is C24H26N4O2S2. The number of benzene rings is 1. The van der Waals surface area contributed by atoms with Crippen LogP contribution in [0.1, 0.15) is 26.3 Å². The Labute approximate surface area is 196 Å². The number of fused-ring (bicyclic) bond motifs is 1. The quantitative estimate of drug-likeness (QED) is 0.294. The number of aryl methyl sites for hydroxylation is 1. The van der Waals surface area contributed by atoms with Crippen LogP contribution in [0, 0.1) is 24.2 Å². The lowest BCUT2D eigenvalue weighted by molar-refractivity contribution is -0.120. The van der Waals surface area contributed by atoms with Crippen LogP contribution < -0.4 is 10.9 Å². The van der Waals surface area contributed by atoms with E-state index in [-0.39, 0.29) is 29.7 Å². The smallest absolute Gasteiger partial charge is 0.263 e. The summed E-state index contributed by atoms with van der Waals surface area (Å²) in [4.78, 5) is 31.2. The predicted molar refractivity (Wildman–Crippen MR) is 132 cm³/mol. The van der Waals surface area contributed by atoms with E-state index in [2.05, 4.69) is 18.0 Å². The molecular weight excluding hydrogens is 440 g/mol. The Kier molecular flexibility index (Phi) is 7.22. The second-order valence-electron chi connectivity index (χ2n) is 8.10. The number of hydrogen-bond donors (Lipinski definition) is 1. The number of amides is 1. The fourth-order valence-corrected chi connectivity index (χ4v) is 4.91. The van der Waals surface area contributed by atoms with Gasteiger partial charge in [-0.15, -0.1) is 17.9 Å². The van der Waals surface area contributed by atoms with Gasteiger partial charge in [0.2, 0.25) is 5.91 Å². The van der Waals surface area contributed by atoms with Gasteiger partial charge >= 0.3 is 0 Å². The van der Waals surface area contributed by atoms with Crippen LogP contribution in [0.3, 0.4) is 0 Å². The fourth-order valence-electron chi connectivity index (χ4n) is 3.11. The molecule has 1 unspecified atom stereocenters. The van der Waals surface area contributed by atoms with Gasteiger partial charge in [0.25, 0.3) is 5.56 Å². The molecule has 0 bridgehead atoms. The van der Waals surface area contributed by atoms with Crippen molar-refractivity contribution in [3.63, 3.8) is 0 Å². The molecule has 0 radical (unpaired) electrons. The van der Waals surface area contributed by atoms with E-state index in [0.29, 0.717) is 15.4 Å². The molecule has 166 valence electrons. The maximum atomic E-state index is 13.4. The van der Waals surface area contributed by atoms with Gasteiger partial charge in [-0.3, -0.25) is 14.2 Å². The first-order chi connectivity index (χ1) is 15.2. The number of nitrogens with one attached hydrogen (secondary N) is 1. The molecule has 6 nitrogen and oxygen atoms in total. The lowest BCUT2D eigenvalue weighted by Gasteiger charge is -2.27. The van der Waals surface area contributed by atoms with Crippen LogP contribution in [0.25, 0.3) is 21.3 Å². The number of nitriles is 1. The van der Waals surface area contributed by atoms with Crippen molar-refractivity contribution in [1.82, 2.24) is 14.9 Å². The topological polar surface area (TPSA) is 87.8 Å². The van der Waals surface area contributed by atoms with Gasteiger partial charge in [-0.2, -0.15) is 5.26 Å². The van der Waals surface area contributed by atoms with Crippen molar-refractivity contribution in [1.29, 1.82) is 5.26 Å². The summed E-state index contributed by atoms with van der Waals surface area (Å²) in [6.45, 7) is 11.5. The van der Waals surface area contributed by atoms with Crippen LogP contribution in [0.4, 0.5) is 0 Å². The third-order valence-electron chi connectivity index (χ3n) is 5.45. The van der Waals surface area contributed by atoms with Crippen LogP contribution in [-0.2, 0) is 11.3 Å². The zero-order chi connectivity index (χ0) is 23.5. The zero-order valence-electron chi connectivity index (χ0n) is 18.6. The normalized spacial score (nSPS) is 13.0. The molecule has 0 aliphatic rings. The molecule has 0 fully saturated rings. The average molecular weight is 467 g/mol. The minimum atomic E-state index is -0.952. The van der Waals surface area contributed by atoms with Crippen molar-refractivity contribution in [3.8, 4) is 17.2 Å². The number of hydrogen-bond acceptors (Lipinski definition) is 6. The minimum Gasteiger partial charge on any atom is -0.337 e. The number of thiophene rings is 1. The molecule has 3 rings (SSSR count).